The first-order valence-corrected chi connectivity index (χ1v) is 5.86. The minimum Gasteiger partial charge on any atom is -0.494 e. The van der Waals surface area contributed by atoms with Gasteiger partial charge in [0, 0.05) is 6.04 Å². The molecule has 0 aromatic heterocycles. The van der Waals surface area contributed by atoms with Crippen molar-refractivity contribution in [3.8, 4) is 5.75 Å². The van der Waals surface area contributed by atoms with Crippen molar-refractivity contribution in [2.75, 3.05) is 13.2 Å². The van der Waals surface area contributed by atoms with Crippen LogP contribution in [0, 0.1) is 0 Å². The molecular weight excluding hydrogens is 222 g/mol. The molecular formula is C13H20ClNO. The minimum atomic E-state index is 0. The first-order valence-electron chi connectivity index (χ1n) is 5.86. The molecule has 2 rings (SSSR count). The molecule has 1 aromatic carbocycles. The van der Waals surface area contributed by atoms with Gasteiger partial charge in [0.25, 0.3) is 0 Å². The van der Waals surface area contributed by atoms with Gasteiger partial charge in [0.05, 0.1) is 6.61 Å². The molecule has 0 unspecified atom stereocenters. The molecule has 3 heteroatoms. The predicted octanol–water partition coefficient (Wildman–Crippen LogP) is 3.32. The summed E-state index contributed by atoms with van der Waals surface area (Å²) in [6.07, 6.45) is 3.88. The molecule has 1 aliphatic rings. The molecule has 2 nitrogen and oxygen atoms in total. The van der Waals surface area contributed by atoms with Gasteiger partial charge in [-0.1, -0.05) is 18.6 Å². The van der Waals surface area contributed by atoms with Crippen LogP contribution in [0.3, 0.4) is 0 Å². The van der Waals surface area contributed by atoms with Gasteiger partial charge >= 0.3 is 0 Å². The molecule has 1 aromatic rings. The highest BCUT2D eigenvalue weighted by Crippen LogP contribution is 2.25. The Morgan fingerprint density at radius 1 is 1.38 bits per heavy atom. The monoisotopic (exact) mass is 241 g/mol. The summed E-state index contributed by atoms with van der Waals surface area (Å²) in [5.41, 5.74) is 1.36. The lowest BCUT2D eigenvalue weighted by Gasteiger charge is -2.24. The first-order chi connectivity index (χ1) is 7.40. The van der Waals surface area contributed by atoms with E-state index in [2.05, 4.69) is 23.5 Å². The normalized spacial score (nSPS) is 19.9. The van der Waals surface area contributed by atoms with E-state index in [9.17, 15) is 0 Å². The molecule has 0 aliphatic carbocycles. The number of piperidine rings is 1. The van der Waals surface area contributed by atoms with Gasteiger partial charge in [-0.15, -0.1) is 12.4 Å². The van der Waals surface area contributed by atoms with Crippen LogP contribution in [0.2, 0.25) is 0 Å². The van der Waals surface area contributed by atoms with Crippen molar-refractivity contribution in [2.45, 2.75) is 32.2 Å². The summed E-state index contributed by atoms with van der Waals surface area (Å²) in [7, 11) is 0. The lowest BCUT2D eigenvalue weighted by Crippen LogP contribution is -2.26. The van der Waals surface area contributed by atoms with Gasteiger partial charge in [-0.25, -0.2) is 0 Å². The Morgan fingerprint density at radius 2 is 2.25 bits per heavy atom. The molecule has 1 atom stereocenters. The molecule has 0 bridgehead atoms. The Hall–Kier alpha value is -0.730. The molecule has 90 valence electrons. The third kappa shape index (κ3) is 3.39. The van der Waals surface area contributed by atoms with E-state index < -0.39 is 0 Å². The molecule has 1 N–H and O–H groups in total. The Labute approximate surface area is 104 Å². The van der Waals surface area contributed by atoms with Gasteiger partial charge < -0.3 is 10.1 Å². The third-order valence-electron chi connectivity index (χ3n) is 2.88. The number of hydrogen-bond donors (Lipinski definition) is 1. The fourth-order valence-corrected chi connectivity index (χ4v) is 2.12. The van der Waals surface area contributed by atoms with Crippen LogP contribution in [0.4, 0.5) is 0 Å². The maximum Gasteiger partial charge on any atom is 0.119 e. The van der Waals surface area contributed by atoms with E-state index in [-0.39, 0.29) is 12.4 Å². The average Bonchev–Trinajstić information content (AvgIpc) is 2.31. The van der Waals surface area contributed by atoms with Crippen molar-refractivity contribution in [3.05, 3.63) is 29.8 Å². The lowest BCUT2D eigenvalue weighted by molar-refractivity contribution is 0.338. The number of halogens is 1. The van der Waals surface area contributed by atoms with Crippen LogP contribution in [0.5, 0.6) is 5.75 Å². The van der Waals surface area contributed by atoms with Crippen LogP contribution in [0.25, 0.3) is 0 Å². The molecule has 1 aliphatic heterocycles. The second kappa shape index (κ2) is 6.77. The summed E-state index contributed by atoms with van der Waals surface area (Å²) in [6, 6.07) is 8.98. The highest BCUT2D eigenvalue weighted by atomic mass is 35.5. The number of hydrogen-bond acceptors (Lipinski definition) is 2. The molecule has 0 saturated carbocycles. The zero-order chi connectivity index (χ0) is 10.5. The zero-order valence-corrected chi connectivity index (χ0v) is 10.6. The summed E-state index contributed by atoms with van der Waals surface area (Å²) in [5.74, 6) is 0.988. The van der Waals surface area contributed by atoms with E-state index in [0.29, 0.717) is 6.04 Å². The van der Waals surface area contributed by atoms with Crippen LogP contribution >= 0.6 is 12.4 Å². The summed E-state index contributed by atoms with van der Waals surface area (Å²) in [4.78, 5) is 0. The first kappa shape index (κ1) is 13.3. The fourth-order valence-electron chi connectivity index (χ4n) is 2.12. The van der Waals surface area contributed by atoms with Crippen molar-refractivity contribution in [1.82, 2.24) is 5.32 Å². The van der Waals surface area contributed by atoms with E-state index >= 15 is 0 Å². The minimum absolute atomic E-state index is 0. The summed E-state index contributed by atoms with van der Waals surface area (Å²) in [5, 5.41) is 3.55. The van der Waals surface area contributed by atoms with Crippen molar-refractivity contribution in [3.63, 3.8) is 0 Å². The second-order valence-electron chi connectivity index (χ2n) is 4.01. The Balaban J connectivity index is 0.00000128. The van der Waals surface area contributed by atoms with Crippen molar-refractivity contribution in [2.24, 2.45) is 0 Å². The Morgan fingerprint density at radius 3 is 2.94 bits per heavy atom. The average molecular weight is 242 g/mol. The summed E-state index contributed by atoms with van der Waals surface area (Å²) < 4.78 is 5.51. The third-order valence-corrected chi connectivity index (χ3v) is 2.88. The van der Waals surface area contributed by atoms with Gasteiger partial charge in [0.1, 0.15) is 5.75 Å². The number of rotatable bonds is 3. The fraction of sp³-hybridized carbons (Fsp3) is 0.538. The van der Waals surface area contributed by atoms with E-state index in [0.717, 1.165) is 18.9 Å². The van der Waals surface area contributed by atoms with Crippen LogP contribution in [0.1, 0.15) is 37.8 Å². The van der Waals surface area contributed by atoms with Gasteiger partial charge in [0.2, 0.25) is 0 Å². The van der Waals surface area contributed by atoms with Gasteiger partial charge in [-0.3, -0.25) is 0 Å². The summed E-state index contributed by atoms with van der Waals surface area (Å²) in [6.45, 7) is 3.90. The highest BCUT2D eigenvalue weighted by Gasteiger charge is 2.14. The van der Waals surface area contributed by atoms with Crippen LogP contribution in [-0.2, 0) is 0 Å². The second-order valence-corrected chi connectivity index (χ2v) is 4.01. The molecule has 0 amide bonds. The standard InChI is InChI=1S/C13H19NO.ClH/c1-2-15-12-7-5-6-11(10-12)13-8-3-4-9-14-13;/h5-7,10,13-14H,2-4,8-9H2,1H3;1H/t13-;/m1./s1. The molecule has 1 saturated heterocycles. The van der Waals surface area contributed by atoms with Crippen molar-refractivity contribution in [1.29, 1.82) is 0 Å². The summed E-state index contributed by atoms with van der Waals surface area (Å²) >= 11 is 0. The zero-order valence-electron chi connectivity index (χ0n) is 9.74. The SMILES string of the molecule is CCOc1cccc([C@H]2CCCCN2)c1.Cl. The lowest BCUT2D eigenvalue weighted by atomic mass is 9.97. The molecule has 0 radical (unpaired) electrons. The van der Waals surface area contributed by atoms with Crippen LogP contribution < -0.4 is 10.1 Å². The Bertz CT molecular complexity index is 311. The van der Waals surface area contributed by atoms with Crippen LogP contribution in [-0.4, -0.2) is 13.2 Å². The van der Waals surface area contributed by atoms with E-state index in [4.69, 9.17) is 4.74 Å². The van der Waals surface area contributed by atoms with Gasteiger partial charge in [0.15, 0.2) is 0 Å². The maximum atomic E-state index is 5.51. The molecule has 1 fully saturated rings. The number of ether oxygens (including phenoxy) is 1. The molecule has 0 spiro atoms. The highest BCUT2D eigenvalue weighted by molar-refractivity contribution is 5.85. The smallest absolute Gasteiger partial charge is 0.119 e. The van der Waals surface area contributed by atoms with E-state index in [1.807, 2.05) is 13.0 Å². The maximum absolute atomic E-state index is 5.51. The number of benzene rings is 1. The van der Waals surface area contributed by atoms with Gasteiger partial charge in [-0.05, 0) is 44.0 Å². The van der Waals surface area contributed by atoms with E-state index in [1.165, 1.54) is 24.8 Å². The largest absolute Gasteiger partial charge is 0.494 e. The quantitative estimate of drug-likeness (QED) is 0.877. The molecule has 1 heterocycles. The van der Waals surface area contributed by atoms with E-state index in [1.54, 1.807) is 0 Å². The predicted molar refractivity (Wildman–Crippen MR) is 69.5 cm³/mol. The topological polar surface area (TPSA) is 21.3 Å². The number of nitrogens with one attached hydrogen (secondary N) is 1. The van der Waals surface area contributed by atoms with Crippen molar-refractivity contribution < 1.29 is 4.74 Å². The Kier molecular flexibility index (Phi) is 5.64. The van der Waals surface area contributed by atoms with Gasteiger partial charge in [-0.2, -0.15) is 0 Å². The van der Waals surface area contributed by atoms with Crippen LogP contribution in [0.15, 0.2) is 24.3 Å². The van der Waals surface area contributed by atoms with Crippen molar-refractivity contribution >= 4 is 12.4 Å². The molecule has 16 heavy (non-hydrogen) atoms.